The second kappa shape index (κ2) is 7.67. The Bertz CT molecular complexity index is 231. The number of piperidine rings is 1. The van der Waals surface area contributed by atoms with E-state index >= 15 is 0 Å². The molecule has 0 aromatic heterocycles. The molecular weight excluding hydrogens is 216 g/mol. The van der Waals surface area contributed by atoms with Crippen molar-refractivity contribution in [3.63, 3.8) is 0 Å². The summed E-state index contributed by atoms with van der Waals surface area (Å²) >= 11 is 0. The van der Waals surface area contributed by atoms with Crippen molar-refractivity contribution in [2.24, 2.45) is 0 Å². The van der Waals surface area contributed by atoms with Gasteiger partial charge in [0.2, 0.25) is 0 Å². The Kier molecular flexibility index (Phi) is 6.52. The predicted molar refractivity (Wildman–Crippen MR) is 69.0 cm³/mol. The van der Waals surface area contributed by atoms with Crippen LogP contribution in [0.25, 0.3) is 0 Å². The summed E-state index contributed by atoms with van der Waals surface area (Å²) in [6.45, 7) is 6.29. The molecule has 0 bridgehead atoms. The molecule has 0 saturated carbocycles. The minimum absolute atomic E-state index is 0.0111. The summed E-state index contributed by atoms with van der Waals surface area (Å²) < 4.78 is 5.21. The highest BCUT2D eigenvalue weighted by Crippen LogP contribution is 2.19. The van der Waals surface area contributed by atoms with Gasteiger partial charge >= 0.3 is 5.97 Å². The first kappa shape index (κ1) is 14.5. The third kappa shape index (κ3) is 5.50. The molecule has 0 spiro atoms. The zero-order valence-corrected chi connectivity index (χ0v) is 11.4. The van der Waals surface area contributed by atoms with E-state index in [1.165, 1.54) is 19.3 Å². The van der Waals surface area contributed by atoms with Crippen molar-refractivity contribution in [3.05, 3.63) is 0 Å². The van der Waals surface area contributed by atoms with Gasteiger partial charge in [-0.05, 0) is 53.2 Å². The molecule has 1 atom stereocenters. The summed E-state index contributed by atoms with van der Waals surface area (Å²) in [5, 5.41) is 3.18. The number of esters is 1. The molecular formula is C13H26N2O2. The van der Waals surface area contributed by atoms with Crippen molar-refractivity contribution in [1.29, 1.82) is 0 Å². The average Bonchev–Trinajstić information content (AvgIpc) is 2.26. The monoisotopic (exact) mass is 242 g/mol. The highest BCUT2D eigenvalue weighted by Gasteiger charge is 2.24. The van der Waals surface area contributed by atoms with Gasteiger partial charge in [-0.1, -0.05) is 6.42 Å². The van der Waals surface area contributed by atoms with E-state index in [4.69, 9.17) is 4.74 Å². The number of nitrogens with one attached hydrogen (secondary N) is 1. The molecule has 0 aromatic carbocycles. The maximum atomic E-state index is 11.7. The molecule has 4 nitrogen and oxygen atoms in total. The number of carbonyl (C=O) groups is 1. The summed E-state index contributed by atoms with van der Waals surface area (Å²) in [5.41, 5.74) is 0. The van der Waals surface area contributed by atoms with Gasteiger partial charge in [-0.25, -0.2) is 0 Å². The lowest BCUT2D eigenvalue weighted by atomic mass is 9.99. The molecule has 100 valence electrons. The zero-order chi connectivity index (χ0) is 12.7. The van der Waals surface area contributed by atoms with Gasteiger partial charge in [-0.15, -0.1) is 0 Å². The Morgan fingerprint density at radius 1 is 1.47 bits per heavy atom. The van der Waals surface area contributed by atoms with E-state index < -0.39 is 0 Å². The molecule has 0 amide bonds. The van der Waals surface area contributed by atoms with E-state index in [1.54, 1.807) is 0 Å². The molecule has 1 aliphatic rings. The van der Waals surface area contributed by atoms with Crippen LogP contribution in [0.4, 0.5) is 0 Å². The fourth-order valence-electron chi connectivity index (χ4n) is 2.37. The van der Waals surface area contributed by atoms with Gasteiger partial charge < -0.3 is 10.1 Å². The SMILES string of the molecule is CNCCC1CCCCN1CC(=O)OC(C)C. The van der Waals surface area contributed by atoms with Crippen LogP contribution < -0.4 is 5.32 Å². The summed E-state index contributed by atoms with van der Waals surface area (Å²) in [7, 11) is 1.97. The highest BCUT2D eigenvalue weighted by molar-refractivity contribution is 5.71. The fraction of sp³-hybridized carbons (Fsp3) is 0.923. The molecule has 4 heteroatoms. The second-order valence-electron chi connectivity index (χ2n) is 5.05. The van der Waals surface area contributed by atoms with Gasteiger partial charge in [0, 0.05) is 6.04 Å². The van der Waals surface area contributed by atoms with E-state index in [1.807, 2.05) is 20.9 Å². The largest absolute Gasteiger partial charge is 0.462 e. The Morgan fingerprint density at radius 3 is 2.88 bits per heavy atom. The number of nitrogens with zero attached hydrogens (tertiary/aromatic N) is 1. The standard InChI is InChI=1S/C13H26N2O2/c1-11(2)17-13(16)10-15-9-5-4-6-12(15)7-8-14-3/h11-12,14H,4-10H2,1-3H3. The Labute approximate surface area is 105 Å². The van der Waals surface area contributed by atoms with Crippen LogP contribution in [0.2, 0.25) is 0 Å². The molecule has 1 unspecified atom stereocenters. The van der Waals surface area contributed by atoms with Gasteiger partial charge in [0.1, 0.15) is 0 Å². The lowest BCUT2D eigenvalue weighted by Crippen LogP contribution is -2.44. The van der Waals surface area contributed by atoms with Gasteiger partial charge in [0.25, 0.3) is 0 Å². The Morgan fingerprint density at radius 2 is 2.24 bits per heavy atom. The van der Waals surface area contributed by atoms with Crippen molar-refractivity contribution in [3.8, 4) is 0 Å². The van der Waals surface area contributed by atoms with Crippen LogP contribution in [0.1, 0.15) is 39.5 Å². The summed E-state index contributed by atoms with van der Waals surface area (Å²) in [5.74, 6) is -0.0867. The maximum absolute atomic E-state index is 11.7. The first-order valence-electron chi connectivity index (χ1n) is 6.71. The molecule has 1 aliphatic heterocycles. The van der Waals surface area contributed by atoms with E-state index in [9.17, 15) is 4.79 Å². The zero-order valence-electron chi connectivity index (χ0n) is 11.4. The third-order valence-corrected chi connectivity index (χ3v) is 3.18. The van der Waals surface area contributed by atoms with Crippen LogP contribution in [-0.2, 0) is 9.53 Å². The molecule has 0 aliphatic carbocycles. The van der Waals surface area contributed by atoms with E-state index in [2.05, 4.69) is 10.2 Å². The van der Waals surface area contributed by atoms with Crippen molar-refractivity contribution in [1.82, 2.24) is 10.2 Å². The van der Waals surface area contributed by atoms with Crippen molar-refractivity contribution < 1.29 is 9.53 Å². The first-order valence-corrected chi connectivity index (χ1v) is 6.71. The molecule has 17 heavy (non-hydrogen) atoms. The highest BCUT2D eigenvalue weighted by atomic mass is 16.5. The number of hydrogen-bond donors (Lipinski definition) is 1. The fourth-order valence-corrected chi connectivity index (χ4v) is 2.37. The summed E-state index contributed by atoms with van der Waals surface area (Å²) in [6, 6.07) is 0.538. The average molecular weight is 242 g/mol. The van der Waals surface area contributed by atoms with Crippen LogP contribution in [0.15, 0.2) is 0 Å². The Balaban J connectivity index is 2.38. The minimum atomic E-state index is -0.0867. The van der Waals surface area contributed by atoms with Crippen LogP contribution in [-0.4, -0.2) is 49.7 Å². The van der Waals surface area contributed by atoms with Gasteiger partial charge in [-0.3, -0.25) is 9.69 Å². The first-order chi connectivity index (χ1) is 8.13. The second-order valence-corrected chi connectivity index (χ2v) is 5.05. The maximum Gasteiger partial charge on any atom is 0.320 e. The molecule has 1 N–H and O–H groups in total. The van der Waals surface area contributed by atoms with Crippen LogP contribution in [0, 0.1) is 0 Å². The van der Waals surface area contributed by atoms with Gasteiger partial charge in [-0.2, -0.15) is 0 Å². The quantitative estimate of drug-likeness (QED) is 0.715. The topological polar surface area (TPSA) is 41.6 Å². The van der Waals surface area contributed by atoms with E-state index in [0.29, 0.717) is 12.6 Å². The minimum Gasteiger partial charge on any atom is -0.462 e. The molecule has 1 fully saturated rings. The lowest BCUT2D eigenvalue weighted by Gasteiger charge is -2.35. The molecule has 0 radical (unpaired) electrons. The van der Waals surface area contributed by atoms with Gasteiger partial charge in [0.15, 0.2) is 0 Å². The van der Waals surface area contributed by atoms with E-state index in [0.717, 1.165) is 19.5 Å². The van der Waals surface area contributed by atoms with Crippen LogP contribution >= 0.6 is 0 Å². The van der Waals surface area contributed by atoms with Crippen LogP contribution in [0.3, 0.4) is 0 Å². The van der Waals surface area contributed by atoms with Crippen LogP contribution in [0.5, 0.6) is 0 Å². The third-order valence-electron chi connectivity index (χ3n) is 3.18. The predicted octanol–water partition coefficient (Wildman–Crippen LogP) is 1.40. The number of likely N-dealkylation sites (tertiary alicyclic amines) is 1. The number of hydrogen-bond acceptors (Lipinski definition) is 4. The summed E-state index contributed by atoms with van der Waals surface area (Å²) in [4.78, 5) is 13.9. The Hall–Kier alpha value is -0.610. The summed E-state index contributed by atoms with van der Waals surface area (Å²) in [6.07, 6.45) is 4.79. The van der Waals surface area contributed by atoms with Gasteiger partial charge in [0.05, 0.1) is 12.6 Å². The van der Waals surface area contributed by atoms with Crippen molar-refractivity contribution in [2.75, 3.05) is 26.7 Å². The molecule has 0 aromatic rings. The smallest absolute Gasteiger partial charge is 0.320 e. The molecule has 1 heterocycles. The van der Waals surface area contributed by atoms with E-state index in [-0.39, 0.29) is 12.1 Å². The van der Waals surface area contributed by atoms with Crippen molar-refractivity contribution >= 4 is 5.97 Å². The number of rotatable bonds is 6. The normalized spacial score (nSPS) is 21.8. The lowest BCUT2D eigenvalue weighted by molar-refractivity contribution is -0.149. The van der Waals surface area contributed by atoms with Crippen molar-refractivity contribution in [2.45, 2.75) is 51.7 Å². The molecule has 1 saturated heterocycles. The number of ether oxygens (including phenoxy) is 1. The molecule has 1 rings (SSSR count). The number of carbonyl (C=O) groups excluding carboxylic acids is 1.